The summed E-state index contributed by atoms with van der Waals surface area (Å²) < 4.78 is 0. The van der Waals surface area contributed by atoms with Gasteiger partial charge in [0.05, 0.1) is 5.69 Å². The molecule has 0 amide bonds. The van der Waals surface area contributed by atoms with E-state index < -0.39 is 0 Å². The van der Waals surface area contributed by atoms with Crippen LogP contribution >= 0.6 is 11.6 Å². The van der Waals surface area contributed by atoms with Crippen molar-refractivity contribution in [2.24, 2.45) is 0 Å². The molecule has 0 atom stereocenters. The SMILES string of the molecule is Cc1cc(-c2ccccn2)cc(Cl)n1. The van der Waals surface area contributed by atoms with E-state index in [2.05, 4.69) is 9.97 Å². The Hall–Kier alpha value is -1.41. The number of hydrogen-bond acceptors (Lipinski definition) is 2. The minimum absolute atomic E-state index is 0.505. The van der Waals surface area contributed by atoms with Gasteiger partial charge in [0, 0.05) is 17.5 Å². The van der Waals surface area contributed by atoms with Gasteiger partial charge in [-0.15, -0.1) is 0 Å². The second-order valence-electron chi connectivity index (χ2n) is 3.03. The molecular weight excluding hydrogens is 196 g/mol. The fraction of sp³-hybridized carbons (Fsp3) is 0.0909. The summed E-state index contributed by atoms with van der Waals surface area (Å²) in [5.74, 6) is 0. The van der Waals surface area contributed by atoms with E-state index >= 15 is 0 Å². The minimum atomic E-state index is 0.505. The predicted molar refractivity (Wildman–Crippen MR) is 57.2 cm³/mol. The van der Waals surface area contributed by atoms with Gasteiger partial charge in [-0.05, 0) is 31.2 Å². The van der Waals surface area contributed by atoms with E-state index in [1.165, 1.54) is 0 Å². The lowest BCUT2D eigenvalue weighted by atomic mass is 10.1. The molecule has 0 aromatic carbocycles. The lowest BCUT2D eigenvalue weighted by Gasteiger charge is -2.01. The molecule has 2 aromatic rings. The molecule has 2 heterocycles. The summed E-state index contributed by atoms with van der Waals surface area (Å²) in [6.07, 6.45) is 1.76. The summed E-state index contributed by atoms with van der Waals surface area (Å²) in [6, 6.07) is 9.57. The highest BCUT2D eigenvalue weighted by molar-refractivity contribution is 6.29. The van der Waals surface area contributed by atoms with Gasteiger partial charge in [-0.25, -0.2) is 4.98 Å². The molecule has 0 fully saturated rings. The standard InChI is InChI=1S/C11H9ClN2/c1-8-6-9(7-11(12)14-8)10-4-2-3-5-13-10/h2-7H,1H3. The van der Waals surface area contributed by atoms with Crippen molar-refractivity contribution in [2.75, 3.05) is 0 Å². The fourth-order valence-electron chi connectivity index (χ4n) is 1.31. The average Bonchev–Trinajstić information content (AvgIpc) is 2.18. The van der Waals surface area contributed by atoms with E-state index in [1.807, 2.05) is 37.3 Å². The third-order valence-electron chi connectivity index (χ3n) is 1.88. The molecule has 0 saturated carbocycles. The predicted octanol–water partition coefficient (Wildman–Crippen LogP) is 3.11. The van der Waals surface area contributed by atoms with E-state index in [9.17, 15) is 0 Å². The summed E-state index contributed by atoms with van der Waals surface area (Å²) >= 11 is 5.86. The van der Waals surface area contributed by atoms with Crippen molar-refractivity contribution >= 4 is 11.6 Å². The van der Waals surface area contributed by atoms with Gasteiger partial charge in [0.25, 0.3) is 0 Å². The maximum absolute atomic E-state index is 5.86. The number of pyridine rings is 2. The summed E-state index contributed by atoms with van der Waals surface area (Å²) in [5, 5.41) is 0.505. The van der Waals surface area contributed by atoms with Gasteiger partial charge in [0.15, 0.2) is 0 Å². The molecule has 0 aliphatic heterocycles. The van der Waals surface area contributed by atoms with Gasteiger partial charge >= 0.3 is 0 Å². The van der Waals surface area contributed by atoms with Gasteiger partial charge in [-0.3, -0.25) is 4.98 Å². The van der Waals surface area contributed by atoms with Crippen molar-refractivity contribution in [1.29, 1.82) is 0 Å². The molecule has 2 aromatic heterocycles. The normalized spacial score (nSPS) is 10.1. The van der Waals surface area contributed by atoms with Crippen molar-refractivity contribution < 1.29 is 0 Å². The van der Waals surface area contributed by atoms with Crippen LogP contribution in [0.3, 0.4) is 0 Å². The number of nitrogens with zero attached hydrogens (tertiary/aromatic N) is 2. The Morgan fingerprint density at radius 3 is 2.71 bits per heavy atom. The molecule has 0 unspecified atom stereocenters. The first-order chi connectivity index (χ1) is 6.75. The number of hydrogen-bond donors (Lipinski definition) is 0. The van der Waals surface area contributed by atoms with E-state index in [-0.39, 0.29) is 0 Å². The second-order valence-corrected chi connectivity index (χ2v) is 3.42. The first-order valence-corrected chi connectivity index (χ1v) is 4.69. The zero-order chi connectivity index (χ0) is 9.97. The summed E-state index contributed by atoms with van der Waals surface area (Å²) in [5.41, 5.74) is 2.82. The van der Waals surface area contributed by atoms with E-state index in [0.717, 1.165) is 17.0 Å². The van der Waals surface area contributed by atoms with Crippen LogP contribution in [0.4, 0.5) is 0 Å². The summed E-state index contributed by atoms with van der Waals surface area (Å²) in [4.78, 5) is 8.34. The molecule has 14 heavy (non-hydrogen) atoms. The number of rotatable bonds is 1. The van der Waals surface area contributed by atoms with Crippen LogP contribution in [0.15, 0.2) is 36.5 Å². The van der Waals surface area contributed by atoms with Crippen LogP contribution in [-0.2, 0) is 0 Å². The smallest absolute Gasteiger partial charge is 0.130 e. The van der Waals surface area contributed by atoms with Crippen LogP contribution in [-0.4, -0.2) is 9.97 Å². The van der Waals surface area contributed by atoms with Gasteiger partial charge in [0.1, 0.15) is 5.15 Å². The van der Waals surface area contributed by atoms with Crippen LogP contribution in [0.1, 0.15) is 5.69 Å². The molecular formula is C11H9ClN2. The molecule has 2 rings (SSSR count). The Morgan fingerprint density at radius 1 is 1.21 bits per heavy atom. The molecule has 0 spiro atoms. The van der Waals surface area contributed by atoms with Crippen molar-refractivity contribution in [3.8, 4) is 11.3 Å². The van der Waals surface area contributed by atoms with E-state index in [4.69, 9.17) is 11.6 Å². The second kappa shape index (κ2) is 3.76. The zero-order valence-electron chi connectivity index (χ0n) is 7.74. The molecule has 0 radical (unpaired) electrons. The molecule has 3 heteroatoms. The van der Waals surface area contributed by atoms with Gasteiger partial charge in [0.2, 0.25) is 0 Å². The van der Waals surface area contributed by atoms with Gasteiger partial charge in [-0.2, -0.15) is 0 Å². The van der Waals surface area contributed by atoms with Crippen LogP contribution in [0.2, 0.25) is 5.15 Å². The van der Waals surface area contributed by atoms with Crippen LogP contribution in [0, 0.1) is 6.92 Å². The Labute approximate surface area is 87.6 Å². The zero-order valence-corrected chi connectivity index (χ0v) is 8.49. The molecule has 70 valence electrons. The summed E-state index contributed by atoms with van der Waals surface area (Å²) in [7, 11) is 0. The van der Waals surface area contributed by atoms with Gasteiger partial charge in [-0.1, -0.05) is 17.7 Å². The Kier molecular flexibility index (Phi) is 2.46. The number of halogens is 1. The van der Waals surface area contributed by atoms with E-state index in [0.29, 0.717) is 5.15 Å². The van der Waals surface area contributed by atoms with E-state index in [1.54, 1.807) is 6.20 Å². The van der Waals surface area contributed by atoms with Gasteiger partial charge < -0.3 is 0 Å². The van der Waals surface area contributed by atoms with Crippen molar-refractivity contribution in [2.45, 2.75) is 6.92 Å². The van der Waals surface area contributed by atoms with Crippen molar-refractivity contribution in [3.63, 3.8) is 0 Å². The van der Waals surface area contributed by atoms with Crippen LogP contribution in [0.25, 0.3) is 11.3 Å². The lowest BCUT2D eigenvalue weighted by molar-refractivity contribution is 1.19. The highest BCUT2D eigenvalue weighted by Gasteiger charge is 2.01. The molecule has 0 aliphatic rings. The third kappa shape index (κ3) is 1.91. The molecule has 0 bridgehead atoms. The molecule has 0 saturated heterocycles. The average molecular weight is 205 g/mol. The fourth-order valence-corrected chi connectivity index (χ4v) is 1.56. The van der Waals surface area contributed by atoms with Crippen molar-refractivity contribution in [1.82, 2.24) is 9.97 Å². The van der Waals surface area contributed by atoms with Crippen LogP contribution in [0.5, 0.6) is 0 Å². The maximum Gasteiger partial charge on any atom is 0.130 e. The minimum Gasteiger partial charge on any atom is -0.256 e. The number of aromatic nitrogens is 2. The first kappa shape index (κ1) is 9.16. The lowest BCUT2D eigenvalue weighted by Crippen LogP contribution is -1.86. The first-order valence-electron chi connectivity index (χ1n) is 4.31. The molecule has 2 nitrogen and oxygen atoms in total. The third-order valence-corrected chi connectivity index (χ3v) is 2.08. The highest BCUT2D eigenvalue weighted by atomic mass is 35.5. The topological polar surface area (TPSA) is 25.8 Å². The molecule has 0 aliphatic carbocycles. The maximum atomic E-state index is 5.86. The van der Waals surface area contributed by atoms with Crippen LogP contribution < -0.4 is 0 Å². The quantitative estimate of drug-likeness (QED) is 0.667. The monoisotopic (exact) mass is 204 g/mol. The van der Waals surface area contributed by atoms with Crippen molar-refractivity contribution in [3.05, 3.63) is 47.4 Å². The Balaban J connectivity index is 2.52. The Morgan fingerprint density at radius 2 is 2.07 bits per heavy atom. The largest absolute Gasteiger partial charge is 0.256 e. The molecule has 0 N–H and O–H groups in total. The summed E-state index contributed by atoms with van der Waals surface area (Å²) in [6.45, 7) is 1.92. The number of aryl methyl sites for hydroxylation is 1. The highest BCUT2D eigenvalue weighted by Crippen LogP contribution is 2.20. The Bertz CT molecular complexity index is 420.